The van der Waals surface area contributed by atoms with Crippen molar-refractivity contribution in [2.75, 3.05) is 0 Å². The Hall–Kier alpha value is -0.0800. The van der Waals surface area contributed by atoms with Gasteiger partial charge in [-0.2, -0.15) is 0 Å². The van der Waals surface area contributed by atoms with Crippen LogP contribution in [0.2, 0.25) is 0 Å². The van der Waals surface area contributed by atoms with E-state index in [1.807, 2.05) is 0 Å². The van der Waals surface area contributed by atoms with Crippen LogP contribution in [0.15, 0.2) is 0 Å². The summed E-state index contributed by atoms with van der Waals surface area (Å²) in [5.74, 6) is 0.277. The highest BCUT2D eigenvalue weighted by Gasteiger charge is 2.48. The van der Waals surface area contributed by atoms with Crippen LogP contribution in [-0.4, -0.2) is 22.4 Å². The Labute approximate surface area is 94.0 Å². The van der Waals surface area contributed by atoms with Crippen LogP contribution in [0.5, 0.6) is 0 Å². The van der Waals surface area contributed by atoms with Crippen molar-refractivity contribution in [1.82, 2.24) is 0 Å². The van der Waals surface area contributed by atoms with Crippen molar-refractivity contribution in [1.29, 1.82) is 0 Å². The Morgan fingerprint density at radius 2 is 1.93 bits per heavy atom. The molecule has 0 aliphatic carbocycles. The monoisotopic (exact) mass is 214 g/mol. The van der Waals surface area contributed by atoms with Crippen molar-refractivity contribution < 1.29 is 9.84 Å². The Bertz CT molecular complexity index is 209. The number of aliphatic hydroxyl groups excluding tert-OH is 1. The first kappa shape index (κ1) is 13.0. The first-order valence-electron chi connectivity index (χ1n) is 6.17. The van der Waals surface area contributed by atoms with Crippen LogP contribution in [0, 0.1) is 5.92 Å². The minimum atomic E-state index is -0.207. The summed E-state index contributed by atoms with van der Waals surface area (Å²) in [6.07, 6.45) is 3.92. The lowest BCUT2D eigenvalue weighted by atomic mass is 9.81. The van der Waals surface area contributed by atoms with Crippen LogP contribution >= 0.6 is 0 Å². The van der Waals surface area contributed by atoms with Crippen molar-refractivity contribution in [2.24, 2.45) is 5.92 Å². The SMILES string of the molecule is CCCCC(O)C1CC(C)(C)OC1(C)C. The fourth-order valence-electron chi connectivity index (χ4n) is 2.82. The van der Waals surface area contributed by atoms with Gasteiger partial charge in [0.05, 0.1) is 17.3 Å². The van der Waals surface area contributed by atoms with Gasteiger partial charge in [0.1, 0.15) is 0 Å². The van der Waals surface area contributed by atoms with Gasteiger partial charge in [0.2, 0.25) is 0 Å². The Morgan fingerprint density at radius 3 is 2.33 bits per heavy atom. The molecule has 90 valence electrons. The smallest absolute Gasteiger partial charge is 0.0687 e. The second kappa shape index (κ2) is 4.42. The Morgan fingerprint density at radius 1 is 1.33 bits per heavy atom. The molecule has 1 saturated heterocycles. The third kappa shape index (κ3) is 3.18. The lowest BCUT2D eigenvalue weighted by Gasteiger charge is -2.30. The molecule has 2 heteroatoms. The highest BCUT2D eigenvalue weighted by Crippen LogP contribution is 2.44. The van der Waals surface area contributed by atoms with Crippen LogP contribution in [0.3, 0.4) is 0 Å². The molecule has 1 rings (SSSR count). The highest BCUT2D eigenvalue weighted by molar-refractivity contribution is 4.97. The third-order valence-electron chi connectivity index (χ3n) is 3.46. The fraction of sp³-hybridized carbons (Fsp3) is 1.00. The molecule has 1 N–H and O–H groups in total. The number of unbranched alkanes of at least 4 members (excludes halogenated alkanes) is 1. The van der Waals surface area contributed by atoms with Crippen molar-refractivity contribution in [3.8, 4) is 0 Å². The molecule has 0 amide bonds. The molecule has 2 atom stereocenters. The van der Waals surface area contributed by atoms with E-state index in [1.165, 1.54) is 0 Å². The molecule has 1 fully saturated rings. The second-order valence-electron chi connectivity index (χ2n) is 5.99. The van der Waals surface area contributed by atoms with E-state index in [-0.39, 0.29) is 23.2 Å². The van der Waals surface area contributed by atoms with E-state index in [1.54, 1.807) is 0 Å². The van der Waals surface area contributed by atoms with Crippen molar-refractivity contribution >= 4 is 0 Å². The second-order valence-corrected chi connectivity index (χ2v) is 5.99. The summed E-state index contributed by atoms with van der Waals surface area (Å²) < 4.78 is 5.99. The Balaban J connectivity index is 2.61. The molecule has 0 aromatic rings. The molecule has 1 heterocycles. The van der Waals surface area contributed by atoms with Gasteiger partial charge in [-0.1, -0.05) is 19.8 Å². The maximum atomic E-state index is 10.2. The van der Waals surface area contributed by atoms with Crippen LogP contribution in [0.4, 0.5) is 0 Å². The summed E-state index contributed by atoms with van der Waals surface area (Å²) in [7, 11) is 0. The van der Waals surface area contributed by atoms with E-state index in [2.05, 4.69) is 34.6 Å². The topological polar surface area (TPSA) is 29.5 Å². The normalized spacial score (nSPS) is 30.4. The molecule has 1 aliphatic heterocycles. The maximum Gasteiger partial charge on any atom is 0.0687 e. The summed E-state index contributed by atoms with van der Waals surface area (Å²) in [5, 5.41) is 10.2. The predicted molar refractivity (Wildman–Crippen MR) is 62.9 cm³/mol. The van der Waals surface area contributed by atoms with E-state index in [0.29, 0.717) is 0 Å². The van der Waals surface area contributed by atoms with Crippen molar-refractivity contribution in [2.45, 2.75) is 77.6 Å². The van der Waals surface area contributed by atoms with Crippen LogP contribution in [0.1, 0.15) is 60.3 Å². The van der Waals surface area contributed by atoms with Gasteiger partial charge >= 0.3 is 0 Å². The molecule has 2 unspecified atom stereocenters. The summed E-state index contributed by atoms with van der Waals surface area (Å²) in [5.41, 5.74) is -0.266. The van der Waals surface area contributed by atoms with E-state index in [4.69, 9.17) is 4.74 Å². The summed E-state index contributed by atoms with van der Waals surface area (Å²) >= 11 is 0. The van der Waals surface area contributed by atoms with Crippen LogP contribution in [0.25, 0.3) is 0 Å². The zero-order chi connectivity index (χ0) is 11.7. The van der Waals surface area contributed by atoms with Crippen LogP contribution < -0.4 is 0 Å². The molecule has 0 aromatic heterocycles. The number of ether oxygens (including phenoxy) is 1. The van der Waals surface area contributed by atoms with Gasteiger partial charge in [-0.15, -0.1) is 0 Å². The first-order chi connectivity index (χ1) is 6.78. The van der Waals surface area contributed by atoms with Crippen LogP contribution in [-0.2, 0) is 4.74 Å². The molecule has 0 radical (unpaired) electrons. The first-order valence-corrected chi connectivity index (χ1v) is 6.17. The average Bonchev–Trinajstić information content (AvgIpc) is 2.30. The van der Waals surface area contributed by atoms with Gasteiger partial charge in [0, 0.05) is 5.92 Å². The summed E-state index contributed by atoms with van der Waals surface area (Å²) in [6, 6.07) is 0. The van der Waals surface area contributed by atoms with Gasteiger partial charge in [-0.05, 0) is 40.5 Å². The molecule has 15 heavy (non-hydrogen) atoms. The molecule has 1 aliphatic rings. The number of aliphatic hydroxyl groups is 1. The predicted octanol–water partition coefficient (Wildman–Crippen LogP) is 3.13. The van der Waals surface area contributed by atoms with Gasteiger partial charge in [-0.3, -0.25) is 0 Å². The minimum Gasteiger partial charge on any atom is -0.393 e. The number of rotatable bonds is 4. The van der Waals surface area contributed by atoms with E-state index >= 15 is 0 Å². The average molecular weight is 214 g/mol. The van der Waals surface area contributed by atoms with E-state index in [0.717, 1.165) is 25.7 Å². The van der Waals surface area contributed by atoms with Gasteiger partial charge < -0.3 is 9.84 Å². The lowest BCUT2D eigenvalue weighted by molar-refractivity contribution is -0.0882. The molecular weight excluding hydrogens is 188 g/mol. The van der Waals surface area contributed by atoms with E-state index < -0.39 is 0 Å². The molecule has 0 bridgehead atoms. The Kier molecular flexibility index (Phi) is 3.83. The fourth-order valence-corrected chi connectivity index (χ4v) is 2.82. The zero-order valence-electron chi connectivity index (χ0n) is 10.8. The molecule has 2 nitrogen and oxygen atoms in total. The molecule has 0 saturated carbocycles. The maximum absolute atomic E-state index is 10.2. The van der Waals surface area contributed by atoms with Gasteiger partial charge in [-0.25, -0.2) is 0 Å². The van der Waals surface area contributed by atoms with Gasteiger partial charge in [0.15, 0.2) is 0 Å². The number of hydrogen-bond donors (Lipinski definition) is 1. The quantitative estimate of drug-likeness (QED) is 0.779. The van der Waals surface area contributed by atoms with Gasteiger partial charge in [0.25, 0.3) is 0 Å². The van der Waals surface area contributed by atoms with Crippen molar-refractivity contribution in [3.05, 3.63) is 0 Å². The van der Waals surface area contributed by atoms with E-state index in [9.17, 15) is 5.11 Å². The standard InChI is InChI=1S/C13H26O2/c1-6-7-8-11(14)10-9-12(2,3)15-13(10,4)5/h10-11,14H,6-9H2,1-5H3. The zero-order valence-corrected chi connectivity index (χ0v) is 10.8. The molecule has 0 aromatic carbocycles. The van der Waals surface area contributed by atoms with Crippen molar-refractivity contribution in [3.63, 3.8) is 0 Å². The lowest BCUT2D eigenvalue weighted by Crippen LogP contribution is -2.36. The molecule has 0 spiro atoms. The summed E-state index contributed by atoms with van der Waals surface area (Å²) in [6.45, 7) is 10.6. The molecular formula is C13H26O2. The largest absolute Gasteiger partial charge is 0.393 e. The highest BCUT2D eigenvalue weighted by atomic mass is 16.5. The third-order valence-corrected chi connectivity index (χ3v) is 3.46. The minimum absolute atomic E-state index is 0.0820. The number of hydrogen-bond acceptors (Lipinski definition) is 2. The summed E-state index contributed by atoms with van der Waals surface area (Å²) in [4.78, 5) is 0.